The monoisotopic (exact) mass is 452 g/mol. The maximum atomic E-state index is 13.1. The Hall–Kier alpha value is -2.71. The Kier molecular flexibility index (Phi) is 6.46. The number of likely N-dealkylation sites (tertiary alicyclic amines) is 1. The molecule has 1 amide bonds. The van der Waals surface area contributed by atoms with Crippen molar-refractivity contribution in [2.24, 2.45) is 5.92 Å². The zero-order valence-electron chi connectivity index (χ0n) is 19.2. The third-order valence-electron chi connectivity index (χ3n) is 6.99. The van der Waals surface area contributed by atoms with Gasteiger partial charge in [0.25, 0.3) is 5.88 Å². The van der Waals surface area contributed by atoms with Crippen LogP contribution in [0.3, 0.4) is 0 Å². The molecule has 0 atom stereocenters. The number of nitrogens with zero attached hydrogens (tertiary/aromatic N) is 4. The fourth-order valence-electron chi connectivity index (χ4n) is 4.96. The third kappa shape index (κ3) is 4.82. The van der Waals surface area contributed by atoms with Gasteiger partial charge in [-0.3, -0.25) is 4.79 Å². The second kappa shape index (κ2) is 9.65. The van der Waals surface area contributed by atoms with Crippen LogP contribution < -0.4 is 9.64 Å². The van der Waals surface area contributed by atoms with E-state index < -0.39 is 5.79 Å². The zero-order chi connectivity index (χ0) is 22.7. The average molecular weight is 453 g/mol. The van der Waals surface area contributed by atoms with E-state index in [0.29, 0.717) is 32.2 Å². The number of benzene rings is 1. The van der Waals surface area contributed by atoms with E-state index in [-0.39, 0.29) is 11.8 Å². The quantitative estimate of drug-likeness (QED) is 0.688. The summed E-state index contributed by atoms with van der Waals surface area (Å²) in [7, 11) is 0. The first-order valence-corrected chi connectivity index (χ1v) is 12.1. The molecule has 2 aromatic rings. The van der Waals surface area contributed by atoms with Crippen molar-refractivity contribution in [3.8, 4) is 11.6 Å². The molecule has 8 heteroatoms. The van der Waals surface area contributed by atoms with Crippen LogP contribution in [0.25, 0.3) is 0 Å². The van der Waals surface area contributed by atoms with E-state index in [2.05, 4.69) is 33.9 Å². The summed E-state index contributed by atoms with van der Waals surface area (Å²) in [5, 5.41) is 0. The first-order valence-electron chi connectivity index (χ1n) is 12.1. The third-order valence-corrected chi connectivity index (χ3v) is 6.99. The van der Waals surface area contributed by atoms with E-state index in [1.165, 1.54) is 5.56 Å². The van der Waals surface area contributed by atoms with E-state index in [0.717, 1.165) is 56.8 Å². The molecule has 176 valence electrons. The van der Waals surface area contributed by atoms with Crippen molar-refractivity contribution in [2.75, 3.05) is 44.3 Å². The van der Waals surface area contributed by atoms with Crippen molar-refractivity contribution < 1.29 is 19.0 Å². The van der Waals surface area contributed by atoms with Crippen LogP contribution in [0.2, 0.25) is 0 Å². The highest BCUT2D eigenvalue weighted by Crippen LogP contribution is 2.34. The number of hydrogen-bond donors (Lipinski definition) is 0. The highest BCUT2D eigenvalue weighted by molar-refractivity contribution is 5.79. The van der Waals surface area contributed by atoms with Gasteiger partial charge in [0.15, 0.2) is 11.6 Å². The molecule has 3 aliphatic heterocycles. The number of amides is 1. The predicted octanol–water partition coefficient (Wildman–Crippen LogP) is 3.41. The van der Waals surface area contributed by atoms with Crippen LogP contribution in [0.5, 0.6) is 11.6 Å². The van der Waals surface area contributed by atoms with Crippen molar-refractivity contribution in [3.05, 3.63) is 42.2 Å². The second-order valence-corrected chi connectivity index (χ2v) is 8.98. The Bertz CT molecular complexity index is 943. The second-order valence-electron chi connectivity index (χ2n) is 8.98. The molecule has 0 saturated carbocycles. The van der Waals surface area contributed by atoms with Gasteiger partial charge in [-0.1, -0.05) is 19.1 Å². The largest absolute Gasteiger partial charge is 0.436 e. The van der Waals surface area contributed by atoms with Gasteiger partial charge in [0, 0.05) is 57.3 Å². The molecule has 0 radical (unpaired) electrons. The summed E-state index contributed by atoms with van der Waals surface area (Å²) < 4.78 is 17.6. The first kappa shape index (κ1) is 22.1. The van der Waals surface area contributed by atoms with Gasteiger partial charge >= 0.3 is 0 Å². The molecule has 3 fully saturated rings. The Morgan fingerprint density at radius 3 is 2.36 bits per heavy atom. The van der Waals surface area contributed by atoms with Gasteiger partial charge in [0.2, 0.25) is 5.91 Å². The molecule has 0 bridgehead atoms. The van der Waals surface area contributed by atoms with Gasteiger partial charge < -0.3 is 24.0 Å². The molecule has 8 nitrogen and oxygen atoms in total. The number of piperidine rings is 2. The molecule has 3 saturated heterocycles. The summed E-state index contributed by atoms with van der Waals surface area (Å²) in [5.41, 5.74) is 1.26. The Labute approximate surface area is 194 Å². The zero-order valence-corrected chi connectivity index (χ0v) is 19.2. The maximum Gasteiger partial charge on any atom is 0.263 e. The minimum Gasteiger partial charge on any atom is -0.436 e. The normalized spacial score (nSPS) is 20.9. The maximum absolute atomic E-state index is 13.1. The van der Waals surface area contributed by atoms with Gasteiger partial charge in [-0.25, -0.2) is 9.97 Å². The predicted molar refractivity (Wildman–Crippen MR) is 123 cm³/mol. The van der Waals surface area contributed by atoms with Gasteiger partial charge in [0.1, 0.15) is 5.75 Å². The highest BCUT2D eigenvalue weighted by atomic mass is 16.7. The molecule has 1 aromatic carbocycles. The molecule has 1 spiro atoms. The van der Waals surface area contributed by atoms with Gasteiger partial charge in [0.05, 0.1) is 13.2 Å². The van der Waals surface area contributed by atoms with Crippen LogP contribution in [0.4, 0.5) is 5.82 Å². The Morgan fingerprint density at radius 2 is 1.70 bits per heavy atom. The lowest BCUT2D eigenvalue weighted by molar-refractivity contribution is -0.188. The molecule has 5 rings (SSSR count). The van der Waals surface area contributed by atoms with E-state index in [1.54, 1.807) is 12.4 Å². The molecule has 3 aliphatic rings. The number of carbonyl (C=O) groups excluding carboxylic acids is 1. The lowest BCUT2D eigenvalue weighted by Crippen LogP contribution is -2.50. The number of aryl methyl sites for hydroxylation is 1. The van der Waals surface area contributed by atoms with Gasteiger partial charge in [-0.2, -0.15) is 0 Å². The van der Waals surface area contributed by atoms with Crippen molar-refractivity contribution in [2.45, 2.75) is 44.8 Å². The number of carbonyl (C=O) groups is 1. The van der Waals surface area contributed by atoms with Crippen LogP contribution in [-0.4, -0.2) is 66.0 Å². The average Bonchev–Trinajstić information content (AvgIpc) is 3.33. The molecule has 1 aromatic heterocycles. The van der Waals surface area contributed by atoms with Crippen LogP contribution in [0, 0.1) is 5.92 Å². The summed E-state index contributed by atoms with van der Waals surface area (Å²) in [6.07, 6.45) is 7.45. The lowest BCUT2D eigenvalue weighted by atomic mass is 9.93. The van der Waals surface area contributed by atoms with Crippen LogP contribution in [0.1, 0.15) is 38.2 Å². The minimum atomic E-state index is -0.445. The summed E-state index contributed by atoms with van der Waals surface area (Å²) >= 11 is 0. The molecular weight excluding hydrogens is 420 g/mol. The SMILES string of the molecule is CCc1ccc(Oc2nccnc2N2CCC(C(=O)N3CCC4(CC3)OCCO4)CC2)cc1. The molecule has 0 unspecified atom stereocenters. The standard InChI is InChI=1S/C25H32N4O4/c1-2-19-3-5-21(6-4-19)33-23-22(26-11-12-27-23)28-13-7-20(8-14-28)24(30)29-15-9-25(10-16-29)31-17-18-32-25/h3-6,11-12,20H,2,7-10,13-18H2,1H3. The lowest BCUT2D eigenvalue weighted by Gasteiger charge is -2.40. The minimum absolute atomic E-state index is 0.0448. The Balaban J connectivity index is 1.18. The van der Waals surface area contributed by atoms with Gasteiger partial charge in [-0.05, 0) is 37.0 Å². The smallest absolute Gasteiger partial charge is 0.263 e. The van der Waals surface area contributed by atoms with Crippen molar-refractivity contribution in [3.63, 3.8) is 0 Å². The fraction of sp³-hybridized carbons (Fsp3) is 0.560. The number of ether oxygens (including phenoxy) is 3. The summed E-state index contributed by atoms with van der Waals surface area (Å²) in [5.74, 6) is 1.84. The van der Waals surface area contributed by atoms with E-state index >= 15 is 0 Å². The van der Waals surface area contributed by atoms with E-state index in [1.807, 2.05) is 17.0 Å². The molecule has 0 N–H and O–H groups in total. The van der Waals surface area contributed by atoms with Crippen molar-refractivity contribution in [1.29, 1.82) is 0 Å². The topological polar surface area (TPSA) is 77.0 Å². The highest BCUT2D eigenvalue weighted by Gasteiger charge is 2.42. The first-order chi connectivity index (χ1) is 16.2. The van der Waals surface area contributed by atoms with Crippen LogP contribution >= 0.6 is 0 Å². The van der Waals surface area contributed by atoms with Gasteiger partial charge in [-0.15, -0.1) is 0 Å². The fourth-order valence-corrected chi connectivity index (χ4v) is 4.96. The summed E-state index contributed by atoms with van der Waals surface area (Å²) in [6, 6.07) is 8.06. The number of rotatable bonds is 5. The number of anilines is 1. The van der Waals surface area contributed by atoms with E-state index in [4.69, 9.17) is 14.2 Å². The Morgan fingerprint density at radius 1 is 1.03 bits per heavy atom. The number of hydrogen-bond acceptors (Lipinski definition) is 7. The molecule has 33 heavy (non-hydrogen) atoms. The molecular formula is C25H32N4O4. The van der Waals surface area contributed by atoms with Crippen molar-refractivity contribution >= 4 is 11.7 Å². The van der Waals surface area contributed by atoms with Crippen molar-refractivity contribution in [1.82, 2.24) is 14.9 Å². The molecule has 0 aliphatic carbocycles. The van der Waals surface area contributed by atoms with E-state index in [9.17, 15) is 4.79 Å². The molecule has 4 heterocycles. The van der Waals surface area contributed by atoms with Crippen LogP contribution in [0.15, 0.2) is 36.7 Å². The summed E-state index contributed by atoms with van der Waals surface area (Å²) in [4.78, 5) is 26.3. The number of aromatic nitrogens is 2. The van der Waals surface area contributed by atoms with Crippen LogP contribution in [-0.2, 0) is 20.7 Å². The summed E-state index contributed by atoms with van der Waals surface area (Å²) in [6.45, 7) is 6.37.